The van der Waals surface area contributed by atoms with E-state index < -0.39 is 30.5 Å². The van der Waals surface area contributed by atoms with Gasteiger partial charge in [0.05, 0.1) is 13.2 Å². The molecular weight excluding hydrogens is 391 g/mol. The molecule has 6 nitrogen and oxygen atoms in total. The first-order valence-corrected chi connectivity index (χ1v) is 12.2. The monoisotopic (exact) mass is 435 g/mol. The van der Waals surface area contributed by atoms with E-state index in [1.54, 1.807) is 0 Å². The van der Waals surface area contributed by atoms with E-state index >= 15 is 0 Å². The molecule has 1 radical (unpaired) electrons. The fourth-order valence-corrected chi connectivity index (χ4v) is 3.77. The number of aliphatic hydroxyl groups excluding tert-OH is 3. The first kappa shape index (κ1) is 30.3. The maximum atomic E-state index is 11.7. The van der Waals surface area contributed by atoms with Crippen LogP contribution in [0.1, 0.15) is 110 Å². The molecule has 1 aliphatic heterocycles. The van der Waals surface area contributed by atoms with Crippen molar-refractivity contribution in [2.75, 3.05) is 13.2 Å². The predicted octanol–water partition coefficient (Wildman–Crippen LogP) is 4.93. The van der Waals surface area contributed by atoms with Crippen LogP contribution in [-0.2, 0) is 14.3 Å². The van der Waals surface area contributed by atoms with Crippen LogP contribution in [0.25, 0.3) is 0 Å². The van der Waals surface area contributed by atoms with Crippen molar-refractivity contribution < 1.29 is 29.6 Å². The van der Waals surface area contributed by atoms with Crippen LogP contribution in [0.15, 0.2) is 11.5 Å². The van der Waals surface area contributed by atoms with Gasteiger partial charge >= 0.3 is 5.97 Å². The van der Waals surface area contributed by atoms with Crippen LogP contribution in [0.2, 0.25) is 0 Å². The number of unbranched alkanes of at least 4 members (excludes halogenated alkanes) is 15. The van der Waals surface area contributed by atoms with Crippen molar-refractivity contribution in [3.63, 3.8) is 0 Å². The molecule has 0 saturated heterocycles. The van der Waals surface area contributed by atoms with Crippen LogP contribution in [0, 0.1) is 0 Å². The van der Waals surface area contributed by atoms with E-state index in [1.165, 1.54) is 83.5 Å². The third kappa shape index (κ3) is 13.5. The second-order valence-corrected chi connectivity index (χ2v) is 8.44. The van der Waals surface area contributed by atoms with Crippen molar-refractivity contribution in [2.45, 2.75) is 122 Å². The molecule has 0 fully saturated rings. The zero-order valence-corrected chi connectivity index (χ0v) is 19.9. The number of hydrogen-bond donors (Lipinski definition) is 3. The van der Waals surface area contributed by atoms with Gasteiger partial charge in [-0.1, -0.05) is 103 Å². The summed E-state index contributed by atoms with van der Waals surface area (Å²) >= 11 is 0. The fraction of sp³-hybridized carbons (Fsp3) is 0.875. The van der Waals surface area contributed by atoms with Gasteiger partial charge in [0.1, 0.15) is 6.10 Å². The summed E-state index contributed by atoms with van der Waals surface area (Å²) in [6, 6.07) is 0. The fourth-order valence-electron chi connectivity index (χ4n) is 3.77. The van der Waals surface area contributed by atoms with Crippen molar-refractivity contribution in [2.24, 2.45) is 0 Å². The van der Waals surface area contributed by atoms with Gasteiger partial charge in [0, 0.05) is 18.9 Å². The number of ether oxygens (including phenoxy) is 2. The molecule has 7 heteroatoms. The summed E-state index contributed by atoms with van der Waals surface area (Å²) in [5, 5.41) is 28.3. The number of carbonyl (C=O) groups is 1. The number of esters is 1. The van der Waals surface area contributed by atoms with Crippen molar-refractivity contribution in [3.05, 3.63) is 11.5 Å². The smallest absolute Gasteiger partial charge is 0.378 e. The van der Waals surface area contributed by atoms with Crippen molar-refractivity contribution in [3.8, 4) is 0 Å². The molecule has 0 spiro atoms. The van der Waals surface area contributed by atoms with E-state index in [9.17, 15) is 15.0 Å². The Balaban J connectivity index is 0.00000900. The van der Waals surface area contributed by atoms with E-state index in [0.29, 0.717) is 6.61 Å². The van der Waals surface area contributed by atoms with Crippen LogP contribution in [0.5, 0.6) is 0 Å². The largest absolute Gasteiger partial charge is 0.505 e. The van der Waals surface area contributed by atoms with Crippen LogP contribution in [0.4, 0.5) is 0 Å². The maximum Gasteiger partial charge on any atom is 0.378 e. The summed E-state index contributed by atoms with van der Waals surface area (Å²) in [6.07, 6.45) is 18.0. The Morgan fingerprint density at radius 2 is 1.26 bits per heavy atom. The Bertz CT molecular complexity index is 483. The van der Waals surface area contributed by atoms with Crippen LogP contribution in [-0.4, -0.2) is 65.6 Å². The Morgan fingerprint density at radius 1 is 0.839 bits per heavy atom. The molecule has 177 valence electrons. The quantitative estimate of drug-likeness (QED) is 0.143. The van der Waals surface area contributed by atoms with Crippen molar-refractivity contribution in [1.82, 2.24) is 0 Å². The normalized spacial score (nSPS) is 16.9. The molecule has 1 rings (SSSR count). The first-order chi connectivity index (χ1) is 14.6. The van der Waals surface area contributed by atoms with Gasteiger partial charge in [0.25, 0.3) is 0 Å². The van der Waals surface area contributed by atoms with Crippen LogP contribution >= 0.6 is 0 Å². The van der Waals surface area contributed by atoms with Gasteiger partial charge in [0.2, 0.25) is 5.76 Å². The summed E-state index contributed by atoms with van der Waals surface area (Å²) < 4.78 is 10.2. The molecule has 0 saturated carbocycles. The molecule has 0 aromatic heterocycles. The molecule has 0 aliphatic carbocycles. The number of aliphatic hydroxyl groups is 3. The Hall–Kier alpha value is -0.673. The average molecular weight is 436 g/mol. The third-order valence-corrected chi connectivity index (χ3v) is 5.70. The van der Waals surface area contributed by atoms with E-state index in [4.69, 9.17) is 14.6 Å². The van der Waals surface area contributed by atoms with Crippen molar-refractivity contribution >= 4 is 24.8 Å². The number of rotatable bonds is 20. The number of hydrogen-bond acceptors (Lipinski definition) is 6. The van der Waals surface area contributed by atoms with E-state index in [1.807, 2.05) is 0 Å². The minimum Gasteiger partial charge on any atom is -0.505 e. The van der Waals surface area contributed by atoms with Gasteiger partial charge in [-0.2, -0.15) is 0 Å². The van der Waals surface area contributed by atoms with Crippen LogP contribution in [0.3, 0.4) is 0 Å². The zero-order chi connectivity index (χ0) is 22.0. The zero-order valence-electron chi connectivity index (χ0n) is 19.9. The molecule has 0 amide bonds. The molecule has 31 heavy (non-hydrogen) atoms. The summed E-state index contributed by atoms with van der Waals surface area (Å²) in [5.74, 6) is -1.46. The second kappa shape index (κ2) is 20.0. The standard InChI is InChI=1S/C24H44O6.Li/c1-2-3-4-5-6-7-8-9-10-11-12-13-14-15-16-17-18-29-23-21(27)22(20(26)19-25)30-24(23)28;/h20,22,25-27H,2-19H2,1H3;/t20-,22+;/m0./s1. The van der Waals surface area contributed by atoms with Gasteiger partial charge in [-0.05, 0) is 6.42 Å². The number of cyclic esters (lactones) is 1. The van der Waals surface area contributed by atoms with Gasteiger partial charge in [-0.15, -0.1) is 0 Å². The van der Waals surface area contributed by atoms with Gasteiger partial charge in [-0.25, -0.2) is 4.79 Å². The third-order valence-electron chi connectivity index (χ3n) is 5.70. The SMILES string of the molecule is CCCCCCCCCCCCCCCCCCOC1=C(O)[C@@H]([C@@H](O)CO)OC1=O.[Li]. The maximum absolute atomic E-state index is 11.7. The molecule has 2 atom stereocenters. The molecular formula is C24H44LiO6. The van der Waals surface area contributed by atoms with E-state index in [0.717, 1.165) is 19.3 Å². The molecule has 3 N–H and O–H groups in total. The Morgan fingerprint density at radius 3 is 1.68 bits per heavy atom. The molecule has 0 aromatic rings. The van der Waals surface area contributed by atoms with Crippen molar-refractivity contribution in [1.29, 1.82) is 0 Å². The van der Waals surface area contributed by atoms with E-state index in [-0.39, 0.29) is 24.6 Å². The molecule has 0 bridgehead atoms. The molecule has 1 heterocycles. The predicted molar refractivity (Wildman–Crippen MR) is 124 cm³/mol. The number of carbonyl (C=O) groups excluding carboxylic acids is 1. The topological polar surface area (TPSA) is 96.2 Å². The molecule has 0 aromatic carbocycles. The van der Waals surface area contributed by atoms with E-state index in [2.05, 4.69) is 6.92 Å². The van der Waals surface area contributed by atoms with Crippen LogP contribution < -0.4 is 0 Å². The summed E-state index contributed by atoms with van der Waals surface area (Å²) in [4.78, 5) is 11.7. The van der Waals surface area contributed by atoms with Gasteiger partial charge in [-0.3, -0.25) is 0 Å². The minimum absolute atomic E-state index is 0. The first-order valence-electron chi connectivity index (χ1n) is 12.2. The van der Waals surface area contributed by atoms with Gasteiger partial charge < -0.3 is 24.8 Å². The second-order valence-electron chi connectivity index (χ2n) is 8.44. The molecule has 1 aliphatic rings. The summed E-state index contributed by atoms with van der Waals surface area (Å²) in [7, 11) is 0. The molecule has 0 unspecified atom stereocenters. The minimum atomic E-state index is -1.34. The Kier molecular flexibility index (Phi) is 19.5. The average Bonchev–Trinajstić information content (AvgIpc) is 3.03. The summed E-state index contributed by atoms with van der Waals surface area (Å²) in [6.45, 7) is 1.99. The Labute approximate surface area is 201 Å². The van der Waals surface area contributed by atoms with Gasteiger partial charge in [0.15, 0.2) is 11.9 Å². The summed E-state index contributed by atoms with van der Waals surface area (Å²) in [5.41, 5.74) is 0.